The van der Waals surface area contributed by atoms with E-state index in [1.54, 1.807) is 23.9 Å². The van der Waals surface area contributed by atoms with Crippen LogP contribution in [0.4, 0.5) is 4.79 Å². The Labute approximate surface area is 150 Å². The van der Waals surface area contributed by atoms with Gasteiger partial charge in [-0.2, -0.15) is 0 Å². The Bertz CT molecular complexity index is 809. The molecule has 0 aromatic carbocycles. The molecule has 1 aliphatic heterocycles. The lowest BCUT2D eigenvalue weighted by atomic mass is 9.98. The minimum absolute atomic E-state index is 0.0618. The first-order valence-corrected chi connectivity index (χ1v) is 8.46. The number of rotatable bonds is 6. The van der Waals surface area contributed by atoms with Gasteiger partial charge in [0.25, 0.3) is 5.56 Å². The Morgan fingerprint density at radius 1 is 1.38 bits per heavy atom. The first-order valence-electron chi connectivity index (χ1n) is 8.46. The zero-order valence-corrected chi connectivity index (χ0v) is 14.6. The Balaban J connectivity index is 1.76. The van der Waals surface area contributed by atoms with E-state index in [0.717, 1.165) is 12.8 Å². The number of carbonyl (C=O) groups is 1. The zero-order chi connectivity index (χ0) is 18.4. The summed E-state index contributed by atoms with van der Waals surface area (Å²) >= 11 is 0. The van der Waals surface area contributed by atoms with Gasteiger partial charge in [-0.05, 0) is 18.9 Å². The lowest BCUT2D eigenvalue weighted by Crippen LogP contribution is -2.36. The van der Waals surface area contributed by atoms with Gasteiger partial charge in [-0.3, -0.25) is 9.36 Å². The predicted molar refractivity (Wildman–Crippen MR) is 92.7 cm³/mol. The Morgan fingerprint density at radius 3 is 3.04 bits per heavy atom. The minimum atomic E-state index is -0.506. The van der Waals surface area contributed by atoms with Crippen LogP contribution in [0, 0.1) is 0 Å². The third-order valence-corrected chi connectivity index (χ3v) is 4.20. The summed E-state index contributed by atoms with van der Waals surface area (Å²) in [5, 5.41) is 2.73. The van der Waals surface area contributed by atoms with Crippen LogP contribution < -0.4 is 10.9 Å². The minimum Gasteiger partial charge on any atom is -0.447 e. The van der Waals surface area contributed by atoms with Crippen LogP contribution in [0.15, 0.2) is 29.5 Å². The molecular weight excluding hydrogens is 338 g/mol. The highest BCUT2D eigenvalue weighted by Crippen LogP contribution is 2.25. The number of ether oxygens (including phenoxy) is 2. The van der Waals surface area contributed by atoms with E-state index in [9.17, 15) is 9.59 Å². The van der Waals surface area contributed by atoms with Gasteiger partial charge in [-0.15, -0.1) is 0 Å². The molecule has 0 saturated carbocycles. The highest BCUT2D eigenvalue weighted by Gasteiger charge is 2.24. The molecule has 9 nitrogen and oxygen atoms in total. The van der Waals surface area contributed by atoms with E-state index in [4.69, 9.17) is 9.47 Å². The van der Waals surface area contributed by atoms with Crippen molar-refractivity contribution in [3.63, 3.8) is 0 Å². The third kappa shape index (κ3) is 4.23. The topological polar surface area (TPSA) is 108 Å². The molecule has 1 aliphatic rings. The van der Waals surface area contributed by atoms with Gasteiger partial charge in [0.15, 0.2) is 0 Å². The van der Waals surface area contributed by atoms with Crippen molar-refractivity contribution in [2.75, 3.05) is 26.9 Å². The second-order valence-electron chi connectivity index (χ2n) is 5.93. The van der Waals surface area contributed by atoms with Crippen LogP contribution in [0.3, 0.4) is 0 Å². The molecule has 0 aliphatic carbocycles. The highest BCUT2D eigenvalue weighted by atomic mass is 16.6. The molecule has 138 valence electrons. The second-order valence-corrected chi connectivity index (χ2v) is 5.93. The Hall–Kier alpha value is -2.81. The Morgan fingerprint density at radius 2 is 2.27 bits per heavy atom. The molecule has 1 unspecified atom stereocenters. The van der Waals surface area contributed by atoms with E-state index in [2.05, 4.69) is 20.3 Å². The fourth-order valence-electron chi connectivity index (χ4n) is 2.93. The molecule has 26 heavy (non-hydrogen) atoms. The monoisotopic (exact) mass is 359 g/mol. The largest absolute Gasteiger partial charge is 0.447 e. The molecule has 0 fully saturated rings. The van der Waals surface area contributed by atoms with Crippen LogP contribution in [-0.2, 0) is 16.0 Å². The molecule has 0 bridgehead atoms. The van der Waals surface area contributed by atoms with Gasteiger partial charge >= 0.3 is 6.09 Å². The maximum atomic E-state index is 12.5. The predicted octanol–water partition coefficient (Wildman–Crippen LogP) is 0.950. The van der Waals surface area contributed by atoms with Gasteiger partial charge in [0.2, 0.25) is 0 Å². The Kier molecular flexibility index (Phi) is 5.90. The average Bonchev–Trinajstić information content (AvgIpc) is 2.67. The normalized spacial score (nSPS) is 16.0. The highest BCUT2D eigenvalue weighted by molar-refractivity contribution is 5.67. The standard InChI is InChI=1S/C17H21N5O4/c1-25-7-8-26-17(24)19-10-12-3-2-6-22-15(23)9-14(21-16(12)22)13-4-5-18-11-20-13/h4-5,9,11-12H,2-3,6-8,10H2,1H3,(H,19,24). The number of aromatic nitrogens is 4. The van der Waals surface area contributed by atoms with E-state index in [-0.39, 0.29) is 18.1 Å². The van der Waals surface area contributed by atoms with Gasteiger partial charge in [0.05, 0.1) is 18.0 Å². The number of methoxy groups -OCH3 is 1. The first-order chi connectivity index (χ1) is 12.7. The molecule has 0 spiro atoms. The van der Waals surface area contributed by atoms with Gasteiger partial charge in [0.1, 0.15) is 18.8 Å². The third-order valence-electron chi connectivity index (χ3n) is 4.20. The van der Waals surface area contributed by atoms with Crippen molar-refractivity contribution in [1.29, 1.82) is 0 Å². The van der Waals surface area contributed by atoms with Crippen molar-refractivity contribution in [2.45, 2.75) is 25.3 Å². The smallest absolute Gasteiger partial charge is 0.407 e. The summed E-state index contributed by atoms with van der Waals surface area (Å²) in [6.07, 6.45) is 4.21. The van der Waals surface area contributed by atoms with Crippen LogP contribution in [0.25, 0.3) is 11.4 Å². The molecule has 3 rings (SSSR count). The van der Waals surface area contributed by atoms with E-state index in [1.807, 2.05) is 0 Å². The number of alkyl carbamates (subject to hydrolysis) is 1. The lowest BCUT2D eigenvalue weighted by molar-refractivity contribution is 0.0980. The SMILES string of the molecule is COCCOC(=O)NCC1CCCn2c1nc(-c1ccncn1)cc2=O. The summed E-state index contributed by atoms with van der Waals surface area (Å²) in [6, 6.07) is 3.20. The first kappa shape index (κ1) is 18.0. The summed E-state index contributed by atoms with van der Waals surface area (Å²) in [5.41, 5.74) is 0.992. The zero-order valence-electron chi connectivity index (χ0n) is 14.6. The second kappa shape index (κ2) is 8.52. The van der Waals surface area contributed by atoms with Crippen LogP contribution in [0.5, 0.6) is 0 Å². The quantitative estimate of drug-likeness (QED) is 0.765. The number of fused-ring (bicyclic) bond motifs is 1. The molecule has 9 heteroatoms. The van der Waals surface area contributed by atoms with Crippen molar-refractivity contribution >= 4 is 6.09 Å². The molecule has 3 heterocycles. The fourth-order valence-corrected chi connectivity index (χ4v) is 2.93. The van der Waals surface area contributed by atoms with Crippen molar-refractivity contribution in [3.8, 4) is 11.4 Å². The van der Waals surface area contributed by atoms with Crippen LogP contribution in [0.2, 0.25) is 0 Å². The van der Waals surface area contributed by atoms with Crippen LogP contribution in [0.1, 0.15) is 24.6 Å². The van der Waals surface area contributed by atoms with Gasteiger partial charge in [-0.1, -0.05) is 0 Å². The number of carbonyl (C=O) groups excluding carboxylic acids is 1. The molecule has 2 aromatic rings. The number of amides is 1. The summed E-state index contributed by atoms with van der Waals surface area (Å²) in [4.78, 5) is 36.9. The maximum absolute atomic E-state index is 12.5. The van der Waals surface area contributed by atoms with Gasteiger partial charge < -0.3 is 14.8 Å². The fraction of sp³-hybridized carbons (Fsp3) is 0.471. The van der Waals surface area contributed by atoms with Crippen molar-refractivity contribution in [2.24, 2.45) is 0 Å². The van der Waals surface area contributed by atoms with E-state index >= 15 is 0 Å². The molecule has 0 radical (unpaired) electrons. The lowest BCUT2D eigenvalue weighted by Gasteiger charge is -2.26. The van der Waals surface area contributed by atoms with Crippen molar-refractivity contribution < 1.29 is 14.3 Å². The molecule has 1 amide bonds. The number of nitrogens with zero attached hydrogens (tertiary/aromatic N) is 4. The molecule has 2 aromatic heterocycles. The number of hydrogen-bond acceptors (Lipinski definition) is 7. The van der Waals surface area contributed by atoms with Crippen molar-refractivity contribution in [3.05, 3.63) is 40.8 Å². The van der Waals surface area contributed by atoms with E-state index < -0.39 is 6.09 Å². The molecule has 1 N–H and O–H groups in total. The molecule has 1 atom stereocenters. The average molecular weight is 359 g/mol. The summed E-state index contributed by atoms with van der Waals surface area (Å²) in [5.74, 6) is 0.600. The summed E-state index contributed by atoms with van der Waals surface area (Å²) < 4.78 is 11.5. The van der Waals surface area contributed by atoms with Gasteiger partial charge in [0, 0.05) is 38.4 Å². The van der Waals surface area contributed by atoms with E-state index in [0.29, 0.717) is 36.9 Å². The maximum Gasteiger partial charge on any atom is 0.407 e. The van der Waals surface area contributed by atoms with Crippen LogP contribution >= 0.6 is 0 Å². The summed E-state index contributed by atoms with van der Waals surface area (Å²) in [7, 11) is 1.54. The van der Waals surface area contributed by atoms with Crippen LogP contribution in [-0.4, -0.2) is 52.5 Å². The summed E-state index contributed by atoms with van der Waals surface area (Å²) in [6.45, 7) is 1.52. The van der Waals surface area contributed by atoms with Crippen molar-refractivity contribution in [1.82, 2.24) is 24.8 Å². The van der Waals surface area contributed by atoms with E-state index in [1.165, 1.54) is 12.4 Å². The number of hydrogen-bond donors (Lipinski definition) is 1. The molecule has 0 saturated heterocycles. The number of nitrogens with one attached hydrogen (secondary N) is 1. The van der Waals surface area contributed by atoms with Gasteiger partial charge in [-0.25, -0.2) is 19.7 Å². The molecular formula is C17H21N5O4.